The summed E-state index contributed by atoms with van der Waals surface area (Å²) >= 11 is 0. The molecular formula is C22H28N8O6S. The Balaban J connectivity index is 1.42. The molecule has 1 atom stereocenters. The average Bonchev–Trinajstić information content (AvgIpc) is 3.62. The fourth-order valence-electron chi connectivity index (χ4n) is 3.79. The van der Waals surface area contributed by atoms with Crippen molar-refractivity contribution in [3.63, 3.8) is 0 Å². The molecule has 1 aromatic carbocycles. The number of aromatic amines is 1. The lowest BCUT2D eigenvalue weighted by Crippen LogP contribution is -2.49. The number of carbonyl (C=O) groups is 2. The third kappa shape index (κ3) is 6.24. The normalized spacial score (nSPS) is 14.2. The van der Waals surface area contributed by atoms with Gasteiger partial charge in [-0.1, -0.05) is 17.3 Å². The summed E-state index contributed by atoms with van der Waals surface area (Å²) in [5, 5.41) is 19.8. The van der Waals surface area contributed by atoms with Crippen LogP contribution in [0.3, 0.4) is 0 Å². The Bertz CT molecular complexity index is 1390. The van der Waals surface area contributed by atoms with Crippen molar-refractivity contribution in [3.8, 4) is 0 Å². The molecule has 1 amide bonds. The summed E-state index contributed by atoms with van der Waals surface area (Å²) in [7, 11) is -4.22. The van der Waals surface area contributed by atoms with Crippen LogP contribution in [0.1, 0.15) is 28.2 Å². The van der Waals surface area contributed by atoms with E-state index in [9.17, 15) is 18.0 Å². The number of aliphatic imine (C=N–C) groups is 1. The zero-order valence-corrected chi connectivity index (χ0v) is 21.1. The summed E-state index contributed by atoms with van der Waals surface area (Å²) in [4.78, 5) is 29.8. The van der Waals surface area contributed by atoms with Crippen molar-refractivity contribution < 1.29 is 27.3 Å². The molecule has 4 rings (SSSR count). The topological polar surface area (TPSA) is 193 Å². The average molecular weight is 533 g/mol. The van der Waals surface area contributed by atoms with Gasteiger partial charge >= 0.3 is 5.97 Å². The number of nitrogens with one attached hydrogen (secondary N) is 5. The molecule has 0 saturated carbocycles. The maximum Gasteiger partial charge on any atom is 0.326 e. The number of aromatic nitrogens is 3. The van der Waals surface area contributed by atoms with E-state index < -0.39 is 27.9 Å². The summed E-state index contributed by atoms with van der Waals surface area (Å²) in [5.41, 5.74) is 0.955. The monoisotopic (exact) mass is 532 g/mol. The molecule has 1 aliphatic heterocycles. The molecule has 5 N–H and O–H groups in total. The van der Waals surface area contributed by atoms with Gasteiger partial charge in [0, 0.05) is 25.0 Å². The van der Waals surface area contributed by atoms with Gasteiger partial charge < -0.3 is 25.2 Å². The van der Waals surface area contributed by atoms with Gasteiger partial charge in [0.2, 0.25) is 10.0 Å². The maximum absolute atomic E-state index is 13.1. The Morgan fingerprint density at radius 1 is 1.27 bits per heavy atom. The van der Waals surface area contributed by atoms with Crippen LogP contribution in [0.25, 0.3) is 10.9 Å². The highest BCUT2D eigenvalue weighted by Gasteiger charge is 2.31. The number of H-pyrrole nitrogens is 1. The molecule has 37 heavy (non-hydrogen) atoms. The van der Waals surface area contributed by atoms with E-state index in [1.54, 1.807) is 24.4 Å². The molecule has 0 radical (unpaired) electrons. The molecule has 14 nitrogen and oxygen atoms in total. The van der Waals surface area contributed by atoms with Crippen LogP contribution in [0, 0.1) is 13.8 Å². The Hall–Kier alpha value is -3.98. The van der Waals surface area contributed by atoms with Gasteiger partial charge in [0.15, 0.2) is 11.7 Å². The second-order valence-corrected chi connectivity index (χ2v) is 9.93. The SMILES string of the molecule is Cc1noc(C)c1S(=O)(=O)NC(CNC(=O)c1cccc2cn[nH]c12)C(=O)OCCCNC1=NCCN1. The second kappa shape index (κ2) is 11.4. The third-order valence-electron chi connectivity index (χ3n) is 5.54. The van der Waals surface area contributed by atoms with Crippen molar-refractivity contribution in [3.05, 3.63) is 41.4 Å². The minimum absolute atomic E-state index is 0.0318. The van der Waals surface area contributed by atoms with E-state index in [1.807, 2.05) is 0 Å². The lowest BCUT2D eigenvalue weighted by atomic mass is 10.1. The molecule has 3 aromatic rings. The predicted octanol–water partition coefficient (Wildman–Crippen LogP) is -0.273. The van der Waals surface area contributed by atoms with Gasteiger partial charge in [-0.2, -0.15) is 9.82 Å². The number of benzene rings is 1. The molecule has 2 aromatic heterocycles. The minimum Gasteiger partial charge on any atom is -0.464 e. The number of sulfonamides is 1. The molecule has 1 aliphatic rings. The van der Waals surface area contributed by atoms with Crippen LogP contribution < -0.4 is 20.7 Å². The van der Waals surface area contributed by atoms with Gasteiger partial charge in [0.25, 0.3) is 5.91 Å². The number of nitrogens with zero attached hydrogens (tertiary/aromatic N) is 3. The fraction of sp³-hybridized carbons (Fsp3) is 0.409. The Labute approximate surface area is 212 Å². The van der Waals surface area contributed by atoms with E-state index in [1.165, 1.54) is 13.8 Å². The highest BCUT2D eigenvalue weighted by molar-refractivity contribution is 7.89. The zero-order chi connectivity index (χ0) is 26.4. The van der Waals surface area contributed by atoms with Crippen molar-refractivity contribution in [1.82, 2.24) is 36.0 Å². The van der Waals surface area contributed by atoms with Crippen LogP contribution >= 0.6 is 0 Å². The number of carbonyl (C=O) groups excluding carboxylic acids is 2. The van der Waals surface area contributed by atoms with Gasteiger partial charge in [-0.05, 0) is 26.3 Å². The summed E-state index contributed by atoms with van der Waals surface area (Å²) in [6.07, 6.45) is 2.04. The minimum atomic E-state index is -4.22. The molecular weight excluding hydrogens is 504 g/mol. The summed E-state index contributed by atoms with van der Waals surface area (Å²) in [6.45, 7) is 4.57. The molecule has 0 fully saturated rings. The molecule has 0 bridgehead atoms. The number of para-hydroxylation sites is 1. The van der Waals surface area contributed by atoms with Crippen LogP contribution in [0.15, 0.2) is 38.8 Å². The molecule has 15 heteroatoms. The third-order valence-corrected chi connectivity index (χ3v) is 7.25. The largest absolute Gasteiger partial charge is 0.464 e. The Morgan fingerprint density at radius 3 is 2.84 bits per heavy atom. The number of hydrogen-bond donors (Lipinski definition) is 5. The first-order chi connectivity index (χ1) is 17.8. The van der Waals surface area contributed by atoms with Gasteiger partial charge in [0.1, 0.15) is 16.6 Å². The number of ether oxygens (including phenoxy) is 1. The van der Waals surface area contributed by atoms with Crippen LogP contribution in [0.5, 0.6) is 0 Å². The number of hydrogen-bond acceptors (Lipinski definition) is 11. The van der Waals surface area contributed by atoms with E-state index in [0.717, 1.165) is 11.9 Å². The summed E-state index contributed by atoms with van der Waals surface area (Å²) in [5.74, 6) is -0.599. The first-order valence-corrected chi connectivity index (χ1v) is 13.1. The van der Waals surface area contributed by atoms with Crippen LogP contribution in [-0.4, -0.2) is 80.4 Å². The van der Waals surface area contributed by atoms with Gasteiger partial charge in [-0.25, -0.2) is 8.42 Å². The van der Waals surface area contributed by atoms with Crippen molar-refractivity contribution in [2.75, 3.05) is 32.8 Å². The van der Waals surface area contributed by atoms with Crippen molar-refractivity contribution in [2.45, 2.75) is 31.2 Å². The molecule has 1 unspecified atom stereocenters. The zero-order valence-electron chi connectivity index (χ0n) is 20.3. The van der Waals surface area contributed by atoms with E-state index in [4.69, 9.17) is 9.26 Å². The van der Waals surface area contributed by atoms with Crippen molar-refractivity contribution in [1.29, 1.82) is 0 Å². The highest BCUT2D eigenvalue weighted by Crippen LogP contribution is 2.19. The number of fused-ring (bicyclic) bond motifs is 1. The van der Waals surface area contributed by atoms with Crippen LogP contribution in [-0.2, 0) is 19.6 Å². The van der Waals surface area contributed by atoms with E-state index in [0.29, 0.717) is 36.6 Å². The number of aryl methyl sites for hydroxylation is 2. The standard InChI is InChI=1S/C22H28N8O6S/c1-13-19(14(2)36-29-13)37(33,34)30-17(21(32)35-10-4-7-23-22-24-8-9-25-22)12-26-20(31)16-6-3-5-15-11-27-28-18(15)16/h3,5-6,11,17,30H,4,7-10,12H2,1-2H3,(H,26,31)(H,27,28)(H2,23,24,25). The van der Waals surface area contributed by atoms with Gasteiger partial charge in [-0.15, -0.1) is 0 Å². The summed E-state index contributed by atoms with van der Waals surface area (Å²) in [6, 6.07) is 3.67. The number of rotatable bonds is 11. The number of amides is 1. The molecule has 198 valence electrons. The van der Waals surface area contributed by atoms with Gasteiger partial charge in [-0.3, -0.25) is 19.7 Å². The van der Waals surface area contributed by atoms with E-state index >= 15 is 0 Å². The quantitative estimate of drug-likeness (QED) is 0.162. The molecule has 0 aliphatic carbocycles. The Kier molecular flexibility index (Phi) is 8.03. The van der Waals surface area contributed by atoms with Crippen molar-refractivity contribution in [2.24, 2.45) is 4.99 Å². The van der Waals surface area contributed by atoms with Crippen LogP contribution in [0.4, 0.5) is 0 Å². The fourth-order valence-corrected chi connectivity index (χ4v) is 5.31. The lowest BCUT2D eigenvalue weighted by Gasteiger charge is -2.18. The first-order valence-electron chi connectivity index (χ1n) is 11.6. The first kappa shape index (κ1) is 26.1. The summed E-state index contributed by atoms with van der Waals surface area (Å²) < 4.78 is 38.7. The molecule has 0 saturated heterocycles. The predicted molar refractivity (Wildman–Crippen MR) is 132 cm³/mol. The van der Waals surface area contributed by atoms with E-state index in [-0.39, 0.29) is 29.5 Å². The highest BCUT2D eigenvalue weighted by atomic mass is 32.2. The smallest absolute Gasteiger partial charge is 0.326 e. The molecule has 0 spiro atoms. The van der Waals surface area contributed by atoms with Gasteiger partial charge in [0.05, 0.1) is 30.4 Å². The number of guanidine groups is 1. The number of esters is 1. The van der Waals surface area contributed by atoms with Crippen molar-refractivity contribution >= 4 is 38.8 Å². The maximum atomic E-state index is 13.1. The lowest BCUT2D eigenvalue weighted by molar-refractivity contribution is -0.145. The Morgan fingerprint density at radius 2 is 2.11 bits per heavy atom. The van der Waals surface area contributed by atoms with E-state index in [2.05, 4.69) is 41.0 Å². The van der Waals surface area contributed by atoms with Crippen LogP contribution in [0.2, 0.25) is 0 Å². The second-order valence-electron chi connectivity index (χ2n) is 8.28. The molecule has 3 heterocycles.